The number of hydrogen-bond donors (Lipinski definition) is 3. The molecule has 0 fully saturated rings. The van der Waals surface area contributed by atoms with Crippen molar-refractivity contribution in [3.05, 3.63) is 0 Å². The Morgan fingerprint density at radius 2 is 2.11 bits per heavy atom. The van der Waals surface area contributed by atoms with E-state index in [0.29, 0.717) is 0 Å². The predicted molar refractivity (Wildman–Crippen MR) is 28.5 cm³/mol. The van der Waals surface area contributed by atoms with Crippen LogP contribution in [-0.2, 0) is 4.57 Å². The van der Waals surface area contributed by atoms with Crippen LogP contribution in [-0.4, -0.2) is 27.2 Å². The number of rotatable bonds is 2. The van der Waals surface area contributed by atoms with E-state index < -0.39 is 19.9 Å². The second-order valence-electron chi connectivity index (χ2n) is 1.49. The third kappa shape index (κ3) is 5.47. The van der Waals surface area contributed by atoms with Crippen molar-refractivity contribution in [2.24, 2.45) is 0 Å². The molecule has 6 heteroatoms. The highest BCUT2D eigenvalue weighted by molar-refractivity contribution is 7.51. The highest BCUT2D eigenvalue weighted by Crippen LogP contribution is 2.34. The van der Waals surface area contributed by atoms with Gasteiger partial charge in [-0.2, -0.15) is 5.26 Å². The standard InChI is InChI=1S/C3H6NO4P/c4-1-3(5)2-9(6,7)8/h3,5H,2H2,(H2,6,7,8). The van der Waals surface area contributed by atoms with Crippen molar-refractivity contribution in [1.29, 1.82) is 5.26 Å². The van der Waals surface area contributed by atoms with Crippen molar-refractivity contribution in [3.8, 4) is 6.07 Å². The van der Waals surface area contributed by atoms with Gasteiger partial charge >= 0.3 is 7.60 Å². The number of nitrogens with zero attached hydrogens (tertiary/aromatic N) is 1. The summed E-state index contributed by atoms with van der Waals surface area (Å²) < 4.78 is 9.98. The Labute approximate surface area is 51.7 Å². The van der Waals surface area contributed by atoms with Crippen LogP contribution in [0.5, 0.6) is 0 Å². The lowest BCUT2D eigenvalue weighted by Crippen LogP contribution is -2.08. The summed E-state index contributed by atoms with van der Waals surface area (Å²) in [6, 6.07) is 1.28. The number of aliphatic hydroxyl groups is 1. The highest BCUT2D eigenvalue weighted by atomic mass is 31.2. The van der Waals surface area contributed by atoms with Crippen LogP contribution in [0.4, 0.5) is 0 Å². The van der Waals surface area contributed by atoms with Crippen molar-refractivity contribution in [3.63, 3.8) is 0 Å². The van der Waals surface area contributed by atoms with E-state index in [1.54, 1.807) is 0 Å². The van der Waals surface area contributed by atoms with E-state index >= 15 is 0 Å². The second-order valence-corrected chi connectivity index (χ2v) is 3.19. The van der Waals surface area contributed by atoms with Crippen LogP contribution in [0.3, 0.4) is 0 Å². The predicted octanol–water partition coefficient (Wildman–Crippen LogP) is -0.951. The molecule has 1 unspecified atom stereocenters. The van der Waals surface area contributed by atoms with Crippen LogP contribution in [0.1, 0.15) is 0 Å². The summed E-state index contributed by atoms with van der Waals surface area (Å²) in [4.78, 5) is 16.2. The molecule has 0 aromatic rings. The van der Waals surface area contributed by atoms with E-state index in [1.165, 1.54) is 6.07 Å². The average molecular weight is 151 g/mol. The molecule has 0 aliphatic rings. The fraction of sp³-hybridized carbons (Fsp3) is 0.667. The van der Waals surface area contributed by atoms with Gasteiger partial charge in [-0.05, 0) is 0 Å². The molecule has 0 radical (unpaired) electrons. The van der Waals surface area contributed by atoms with Crippen molar-refractivity contribution >= 4 is 7.60 Å². The summed E-state index contributed by atoms with van der Waals surface area (Å²) in [6.45, 7) is 0. The molecule has 9 heavy (non-hydrogen) atoms. The molecule has 5 nitrogen and oxygen atoms in total. The van der Waals surface area contributed by atoms with Gasteiger partial charge in [0.1, 0.15) is 0 Å². The number of hydrogen-bond acceptors (Lipinski definition) is 3. The molecule has 0 amide bonds. The molecule has 0 saturated carbocycles. The fourth-order valence-corrected chi connectivity index (χ4v) is 0.798. The smallest absolute Gasteiger partial charge is 0.329 e. The first-order valence-corrected chi connectivity index (χ1v) is 3.88. The van der Waals surface area contributed by atoms with Crippen LogP contribution < -0.4 is 0 Å². The van der Waals surface area contributed by atoms with Crippen molar-refractivity contribution in [1.82, 2.24) is 0 Å². The van der Waals surface area contributed by atoms with Crippen molar-refractivity contribution in [2.45, 2.75) is 6.10 Å². The minimum atomic E-state index is -4.21. The van der Waals surface area contributed by atoms with Gasteiger partial charge in [0.05, 0.1) is 12.2 Å². The van der Waals surface area contributed by atoms with E-state index in [1.807, 2.05) is 0 Å². The average Bonchev–Trinajstić information content (AvgIpc) is 1.62. The molecule has 0 rings (SSSR count). The Kier molecular flexibility index (Phi) is 2.82. The summed E-state index contributed by atoms with van der Waals surface area (Å²) in [5, 5.41) is 16.2. The van der Waals surface area contributed by atoms with E-state index in [2.05, 4.69) is 0 Å². The van der Waals surface area contributed by atoms with Gasteiger partial charge in [-0.3, -0.25) is 4.57 Å². The molecule has 0 aromatic carbocycles. The first-order valence-electron chi connectivity index (χ1n) is 2.08. The summed E-state index contributed by atoms with van der Waals surface area (Å²) in [5.41, 5.74) is 0. The zero-order valence-electron chi connectivity index (χ0n) is 4.43. The van der Waals surface area contributed by atoms with Gasteiger partial charge in [0.15, 0.2) is 6.10 Å². The van der Waals surface area contributed by atoms with Crippen molar-refractivity contribution < 1.29 is 19.5 Å². The maximum Gasteiger partial charge on any atom is 0.329 e. The Morgan fingerprint density at radius 3 is 2.22 bits per heavy atom. The molecule has 0 aliphatic carbocycles. The minimum absolute atomic E-state index is 0.788. The summed E-state index contributed by atoms with van der Waals surface area (Å²) in [5.74, 6) is 0. The van der Waals surface area contributed by atoms with Crippen LogP contribution in [0.25, 0.3) is 0 Å². The zero-order chi connectivity index (χ0) is 7.49. The molecule has 0 spiro atoms. The quantitative estimate of drug-likeness (QED) is 0.348. The van der Waals surface area contributed by atoms with Gasteiger partial charge < -0.3 is 14.9 Å². The molecule has 0 saturated heterocycles. The van der Waals surface area contributed by atoms with E-state index in [9.17, 15) is 4.57 Å². The summed E-state index contributed by atoms with van der Waals surface area (Å²) in [6.07, 6.45) is -2.35. The third-order valence-corrected chi connectivity index (χ3v) is 1.38. The molecular weight excluding hydrogens is 145 g/mol. The fourth-order valence-electron chi connectivity index (χ4n) is 0.266. The zero-order valence-corrected chi connectivity index (χ0v) is 5.32. The lowest BCUT2D eigenvalue weighted by molar-refractivity contribution is 0.241. The molecule has 52 valence electrons. The Bertz CT molecular complexity index is 167. The molecule has 0 heterocycles. The normalized spacial score (nSPS) is 14.4. The van der Waals surface area contributed by atoms with Gasteiger partial charge in [-0.1, -0.05) is 0 Å². The summed E-state index contributed by atoms with van der Waals surface area (Å²) >= 11 is 0. The monoisotopic (exact) mass is 151 g/mol. The number of nitriles is 1. The van der Waals surface area contributed by atoms with Gasteiger partial charge in [-0.25, -0.2) is 0 Å². The summed E-state index contributed by atoms with van der Waals surface area (Å²) in [7, 11) is -4.21. The van der Waals surface area contributed by atoms with Gasteiger partial charge in [0.2, 0.25) is 0 Å². The van der Waals surface area contributed by atoms with Crippen LogP contribution in [0.2, 0.25) is 0 Å². The largest absolute Gasteiger partial charge is 0.377 e. The SMILES string of the molecule is N#CC(O)CP(=O)(O)O. The Balaban J connectivity index is 3.78. The van der Waals surface area contributed by atoms with Gasteiger partial charge in [0, 0.05) is 0 Å². The lowest BCUT2D eigenvalue weighted by Gasteiger charge is -2.01. The van der Waals surface area contributed by atoms with E-state index in [0.717, 1.165) is 0 Å². The Hall–Kier alpha value is -0.400. The molecule has 1 atom stereocenters. The number of aliphatic hydroxyl groups excluding tert-OH is 1. The Morgan fingerprint density at radius 1 is 1.67 bits per heavy atom. The molecule has 0 bridgehead atoms. The molecule has 3 N–H and O–H groups in total. The molecule has 0 aromatic heterocycles. The van der Waals surface area contributed by atoms with Gasteiger partial charge in [-0.15, -0.1) is 0 Å². The first kappa shape index (κ1) is 8.60. The topological polar surface area (TPSA) is 102 Å². The third-order valence-electron chi connectivity index (χ3n) is 0.560. The molecule has 0 aliphatic heterocycles. The van der Waals surface area contributed by atoms with E-state index in [4.69, 9.17) is 20.2 Å². The highest BCUT2D eigenvalue weighted by Gasteiger charge is 2.18. The van der Waals surface area contributed by atoms with Crippen LogP contribution in [0.15, 0.2) is 0 Å². The first-order chi connectivity index (χ1) is 3.95. The minimum Gasteiger partial charge on any atom is -0.377 e. The van der Waals surface area contributed by atoms with Gasteiger partial charge in [0.25, 0.3) is 0 Å². The second kappa shape index (κ2) is 2.95. The van der Waals surface area contributed by atoms with Crippen LogP contribution >= 0.6 is 7.60 Å². The lowest BCUT2D eigenvalue weighted by atomic mass is 10.5. The van der Waals surface area contributed by atoms with Crippen LogP contribution in [0, 0.1) is 11.3 Å². The van der Waals surface area contributed by atoms with E-state index in [-0.39, 0.29) is 0 Å². The van der Waals surface area contributed by atoms with Crippen molar-refractivity contribution in [2.75, 3.05) is 6.16 Å². The molecular formula is C3H6NO4P. The maximum absolute atomic E-state index is 9.98. The maximum atomic E-state index is 9.98.